The third-order valence-electron chi connectivity index (χ3n) is 6.72. The van der Waals surface area contributed by atoms with E-state index in [-0.39, 0.29) is 63.0 Å². The van der Waals surface area contributed by atoms with Gasteiger partial charge in [0.15, 0.2) is 11.9 Å². The van der Waals surface area contributed by atoms with Gasteiger partial charge in [0.1, 0.15) is 30.2 Å². The number of aliphatic hydroxyl groups excluding tert-OH is 2. The zero-order valence-electron chi connectivity index (χ0n) is 28.7. The van der Waals surface area contributed by atoms with Crippen molar-refractivity contribution in [1.29, 1.82) is 0 Å². The van der Waals surface area contributed by atoms with Crippen molar-refractivity contribution in [3.05, 3.63) is 0 Å². The maximum Gasteiger partial charge on any atom is 0.326 e. The number of nitrogens with zero attached hydrogens (tertiary/aromatic N) is 2. The number of amides is 6. The van der Waals surface area contributed by atoms with Crippen molar-refractivity contribution in [2.45, 2.75) is 76.2 Å². The Bertz CT molecular complexity index is 1240. The quantitative estimate of drug-likeness (QED) is 0.0236. The van der Waals surface area contributed by atoms with Crippen LogP contribution in [0.25, 0.3) is 0 Å². The maximum atomic E-state index is 13.4. The average molecular weight is 732 g/mol. The van der Waals surface area contributed by atoms with Crippen LogP contribution in [0.15, 0.2) is 9.98 Å². The molecule has 0 aliphatic carbocycles. The zero-order chi connectivity index (χ0) is 39.1. The fraction of sp³-hybridized carbons (Fsp3) is 0.679. The average Bonchev–Trinajstić information content (AvgIpc) is 3.06. The van der Waals surface area contributed by atoms with Gasteiger partial charge in [-0.2, -0.15) is 0 Å². The number of carboxylic acids is 1. The van der Waals surface area contributed by atoms with Crippen LogP contribution < -0.4 is 60.6 Å². The molecule has 6 amide bonds. The smallest absolute Gasteiger partial charge is 0.326 e. The molecule has 0 aromatic rings. The van der Waals surface area contributed by atoms with Crippen LogP contribution in [0.5, 0.6) is 0 Å². The first-order chi connectivity index (χ1) is 23.9. The first-order valence-corrected chi connectivity index (χ1v) is 16.0. The Labute approximate surface area is 294 Å². The van der Waals surface area contributed by atoms with E-state index in [1.807, 2.05) is 0 Å². The number of guanidine groups is 2. The predicted molar refractivity (Wildman–Crippen MR) is 183 cm³/mol. The zero-order valence-corrected chi connectivity index (χ0v) is 28.7. The summed E-state index contributed by atoms with van der Waals surface area (Å²) in [6, 6.07) is -6.76. The van der Waals surface area contributed by atoms with E-state index in [4.69, 9.17) is 33.8 Å². The van der Waals surface area contributed by atoms with E-state index >= 15 is 0 Å². The Morgan fingerprint density at radius 2 is 1.08 bits per heavy atom. The van der Waals surface area contributed by atoms with Gasteiger partial charge in [0, 0.05) is 13.1 Å². The van der Waals surface area contributed by atoms with Gasteiger partial charge in [0.2, 0.25) is 35.4 Å². The Morgan fingerprint density at radius 1 is 0.608 bits per heavy atom. The lowest BCUT2D eigenvalue weighted by Crippen LogP contribution is -2.59. The summed E-state index contributed by atoms with van der Waals surface area (Å²) in [5.74, 6) is -7.01. The third-order valence-corrected chi connectivity index (χ3v) is 6.72. The molecule has 0 spiro atoms. The highest BCUT2D eigenvalue weighted by Crippen LogP contribution is 2.08. The van der Waals surface area contributed by atoms with Crippen molar-refractivity contribution >= 4 is 53.3 Å². The monoisotopic (exact) mass is 731 g/mol. The standard InChI is InChI=1S/C28H53N13O10/c1-14(2)9-18(24(48)41-19(13-43)25(49)39-17(26(50)51)6-4-8-35-28(32)33)40-23(47)16(5-3-7-34-27(30)31)38-21(45)11-36-20(44)10-37-22(46)15(29)12-42/h14-19,42-43H,3-13,29H2,1-2H3,(H,36,44)(H,37,46)(H,38,45)(H,39,49)(H,40,47)(H,41,48)(H,50,51)(H4,30,31,34)(H4,32,33,35)/t15-,16-,17-,18-,19-/m0/s1. The molecule has 0 aromatic carbocycles. The van der Waals surface area contributed by atoms with Gasteiger partial charge in [-0.1, -0.05) is 13.8 Å². The van der Waals surface area contributed by atoms with E-state index in [1.54, 1.807) is 13.8 Å². The molecule has 0 radical (unpaired) electrons. The Hall–Kier alpha value is -5.29. The number of carbonyl (C=O) groups excluding carboxylic acids is 6. The summed E-state index contributed by atoms with van der Waals surface area (Å²) in [6.07, 6.45) is 0.365. The lowest BCUT2D eigenvalue weighted by atomic mass is 10.0. The van der Waals surface area contributed by atoms with Crippen molar-refractivity contribution in [1.82, 2.24) is 31.9 Å². The van der Waals surface area contributed by atoms with E-state index in [9.17, 15) is 43.8 Å². The van der Waals surface area contributed by atoms with Gasteiger partial charge in [-0.25, -0.2) is 4.79 Å². The lowest BCUT2D eigenvalue weighted by molar-refractivity contribution is -0.142. The van der Waals surface area contributed by atoms with Gasteiger partial charge in [0.05, 0.1) is 26.3 Å². The SMILES string of the molecule is CC(C)C[C@H](NC(=O)[C@H](CCCN=C(N)N)NC(=O)CNC(=O)CNC(=O)[C@@H](N)CO)C(=O)N[C@@H](CO)C(=O)N[C@@H](CCCN=C(N)N)C(=O)O. The van der Waals surface area contributed by atoms with E-state index in [2.05, 4.69) is 41.9 Å². The number of nitrogens with two attached hydrogens (primary N) is 5. The first kappa shape index (κ1) is 45.7. The summed E-state index contributed by atoms with van der Waals surface area (Å²) >= 11 is 0. The molecule has 23 nitrogen and oxygen atoms in total. The van der Waals surface area contributed by atoms with Crippen molar-refractivity contribution < 1.29 is 48.9 Å². The third kappa shape index (κ3) is 20.7. The van der Waals surface area contributed by atoms with Crippen molar-refractivity contribution in [3.8, 4) is 0 Å². The van der Waals surface area contributed by atoms with Crippen LogP contribution in [-0.2, 0) is 33.6 Å². The summed E-state index contributed by atoms with van der Waals surface area (Å²) < 4.78 is 0. The molecule has 19 N–H and O–H groups in total. The minimum atomic E-state index is -1.59. The van der Waals surface area contributed by atoms with Crippen LogP contribution in [0.3, 0.4) is 0 Å². The highest BCUT2D eigenvalue weighted by atomic mass is 16.4. The van der Waals surface area contributed by atoms with Crippen molar-refractivity contribution in [2.24, 2.45) is 44.6 Å². The Kier molecular flexibility index (Phi) is 22.2. The number of hydrogen-bond acceptors (Lipinski definition) is 12. The van der Waals surface area contributed by atoms with Crippen molar-refractivity contribution in [3.63, 3.8) is 0 Å². The number of aliphatic imine (C=N–C) groups is 2. The molecule has 0 saturated carbocycles. The molecular weight excluding hydrogens is 678 g/mol. The van der Waals surface area contributed by atoms with E-state index in [0.29, 0.717) is 0 Å². The van der Waals surface area contributed by atoms with Crippen LogP contribution in [0, 0.1) is 5.92 Å². The number of hydrogen-bond donors (Lipinski definition) is 14. The van der Waals surface area contributed by atoms with E-state index in [0.717, 1.165) is 0 Å². The minimum absolute atomic E-state index is 0.0190. The number of aliphatic carboxylic acids is 1. The fourth-order valence-corrected chi connectivity index (χ4v) is 4.12. The van der Waals surface area contributed by atoms with Crippen LogP contribution >= 0.6 is 0 Å². The number of carboxylic acid groups (broad SMARTS) is 1. The highest BCUT2D eigenvalue weighted by Gasteiger charge is 2.31. The normalized spacial score (nSPS) is 13.6. The number of rotatable bonds is 25. The number of nitrogens with one attached hydrogen (secondary N) is 6. The molecule has 0 aliphatic rings. The van der Waals surface area contributed by atoms with Gasteiger partial charge < -0.3 is 75.9 Å². The molecule has 0 aliphatic heterocycles. The molecule has 51 heavy (non-hydrogen) atoms. The highest BCUT2D eigenvalue weighted by molar-refractivity contribution is 5.96. The largest absolute Gasteiger partial charge is 0.480 e. The number of aliphatic hydroxyl groups is 2. The molecule has 0 heterocycles. The molecule has 0 saturated heterocycles. The lowest BCUT2D eigenvalue weighted by Gasteiger charge is -2.26. The molecule has 0 fully saturated rings. The summed E-state index contributed by atoms with van der Waals surface area (Å²) in [7, 11) is 0. The maximum absolute atomic E-state index is 13.4. The molecule has 23 heteroatoms. The van der Waals surface area contributed by atoms with E-state index < -0.39 is 97.9 Å². The Balaban J connectivity index is 5.67. The topological polar surface area (TPSA) is 407 Å². The molecule has 0 rings (SSSR count). The van der Waals surface area contributed by atoms with Crippen LogP contribution in [0.2, 0.25) is 0 Å². The summed E-state index contributed by atoms with van der Waals surface area (Å²) in [4.78, 5) is 95.2. The second-order valence-electron chi connectivity index (χ2n) is 11.6. The summed E-state index contributed by atoms with van der Waals surface area (Å²) in [6.45, 7) is 0.987. The Morgan fingerprint density at radius 3 is 1.57 bits per heavy atom. The van der Waals surface area contributed by atoms with Gasteiger partial charge in [-0.15, -0.1) is 0 Å². The second-order valence-corrected chi connectivity index (χ2v) is 11.6. The van der Waals surface area contributed by atoms with Gasteiger partial charge in [-0.05, 0) is 38.0 Å². The van der Waals surface area contributed by atoms with Crippen LogP contribution in [-0.4, -0.2) is 138 Å². The molecule has 0 bridgehead atoms. The van der Waals surface area contributed by atoms with Gasteiger partial charge in [0.25, 0.3) is 0 Å². The van der Waals surface area contributed by atoms with Crippen LogP contribution in [0.1, 0.15) is 46.0 Å². The predicted octanol–water partition coefficient (Wildman–Crippen LogP) is -7.29. The van der Waals surface area contributed by atoms with Gasteiger partial charge in [-0.3, -0.25) is 38.8 Å². The fourth-order valence-electron chi connectivity index (χ4n) is 4.12. The minimum Gasteiger partial charge on any atom is -0.480 e. The summed E-state index contributed by atoms with van der Waals surface area (Å²) in [5, 5.41) is 42.2. The molecule has 290 valence electrons. The number of carbonyl (C=O) groups is 7. The van der Waals surface area contributed by atoms with Gasteiger partial charge >= 0.3 is 5.97 Å². The molecular formula is C28H53N13O10. The molecule has 5 atom stereocenters. The van der Waals surface area contributed by atoms with E-state index in [1.165, 1.54) is 0 Å². The first-order valence-electron chi connectivity index (χ1n) is 16.0. The summed E-state index contributed by atoms with van der Waals surface area (Å²) in [5.41, 5.74) is 26.5. The van der Waals surface area contributed by atoms with Crippen molar-refractivity contribution in [2.75, 3.05) is 39.4 Å². The second kappa shape index (κ2) is 24.8. The molecule has 0 unspecified atom stereocenters. The molecule has 0 aromatic heterocycles. The van der Waals surface area contributed by atoms with Crippen LogP contribution in [0.4, 0.5) is 0 Å².